The van der Waals surface area contributed by atoms with Crippen molar-refractivity contribution in [3.63, 3.8) is 0 Å². The van der Waals surface area contributed by atoms with E-state index in [4.69, 9.17) is 4.74 Å². The number of carbonyl (C=O) groups excluding carboxylic acids is 2. The monoisotopic (exact) mass is 420 g/mol. The van der Waals surface area contributed by atoms with Gasteiger partial charge in [0.1, 0.15) is 5.82 Å². The van der Waals surface area contributed by atoms with Gasteiger partial charge in [0, 0.05) is 16.6 Å². The number of benzene rings is 2. The highest BCUT2D eigenvalue weighted by Crippen LogP contribution is 2.23. The van der Waals surface area contributed by atoms with Gasteiger partial charge >= 0.3 is 5.97 Å². The number of fused-ring (bicyclic) bond motifs is 1. The van der Waals surface area contributed by atoms with Crippen LogP contribution in [0.4, 0.5) is 5.13 Å². The predicted molar refractivity (Wildman–Crippen MR) is 116 cm³/mol. The van der Waals surface area contributed by atoms with Gasteiger partial charge in [0.25, 0.3) is 5.91 Å². The van der Waals surface area contributed by atoms with Crippen molar-refractivity contribution in [1.29, 1.82) is 0 Å². The summed E-state index contributed by atoms with van der Waals surface area (Å²) in [5, 5.41) is 4.96. The van der Waals surface area contributed by atoms with Gasteiger partial charge in [-0.1, -0.05) is 18.2 Å². The number of aryl methyl sites for hydroxylation is 1. The van der Waals surface area contributed by atoms with Crippen LogP contribution in [0.15, 0.2) is 53.9 Å². The smallest absolute Gasteiger partial charge is 0.311 e. The van der Waals surface area contributed by atoms with Gasteiger partial charge in [-0.05, 0) is 44.2 Å². The zero-order valence-electron chi connectivity index (χ0n) is 16.6. The molecule has 0 fully saturated rings. The average Bonchev–Trinajstić information content (AvgIpc) is 3.30. The van der Waals surface area contributed by atoms with Crippen LogP contribution in [0.5, 0.6) is 0 Å². The van der Waals surface area contributed by atoms with Gasteiger partial charge in [0.15, 0.2) is 5.13 Å². The Bertz CT molecular complexity index is 1210. The Labute approximate surface area is 177 Å². The number of rotatable bonds is 6. The quantitative estimate of drug-likeness (QED) is 0.474. The molecule has 1 N–H and O–H groups in total. The number of nitrogens with zero attached hydrogens (tertiary/aromatic N) is 3. The molecule has 2 aromatic carbocycles. The van der Waals surface area contributed by atoms with Crippen LogP contribution >= 0.6 is 11.3 Å². The van der Waals surface area contributed by atoms with Crippen LogP contribution in [-0.2, 0) is 16.0 Å². The van der Waals surface area contributed by atoms with E-state index in [9.17, 15) is 9.59 Å². The summed E-state index contributed by atoms with van der Waals surface area (Å²) in [6.45, 7) is 4.02. The van der Waals surface area contributed by atoms with E-state index in [-0.39, 0.29) is 18.3 Å². The van der Waals surface area contributed by atoms with E-state index >= 15 is 0 Å². The highest BCUT2D eigenvalue weighted by Gasteiger charge is 2.15. The molecule has 1 amide bonds. The zero-order chi connectivity index (χ0) is 21.1. The number of thiazole rings is 1. The standard InChI is InChI=1S/C22H20N4O3S/c1-3-29-20(27)12-16-13-30-22(24-16)25-21(28)15-9-10-19-18(11-15)23-14(2)26(19)17-7-5-4-6-8-17/h4-11,13H,3,12H2,1-2H3,(H,24,25,28). The number of nitrogens with one attached hydrogen (secondary N) is 1. The van der Waals surface area contributed by atoms with Crippen LogP contribution in [0.25, 0.3) is 16.7 Å². The van der Waals surface area contributed by atoms with Crippen LogP contribution in [-0.4, -0.2) is 33.0 Å². The third-order valence-electron chi connectivity index (χ3n) is 4.50. The first-order valence-corrected chi connectivity index (χ1v) is 10.4. The third kappa shape index (κ3) is 4.08. The molecule has 4 rings (SSSR count). The Balaban J connectivity index is 1.53. The fourth-order valence-corrected chi connectivity index (χ4v) is 3.92. The summed E-state index contributed by atoms with van der Waals surface area (Å²) < 4.78 is 6.97. The normalized spacial score (nSPS) is 10.9. The Morgan fingerprint density at radius 2 is 1.93 bits per heavy atom. The van der Waals surface area contributed by atoms with Crippen molar-refractivity contribution in [2.24, 2.45) is 0 Å². The number of amides is 1. The van der Waals surface area contributed by atoms with Gasteiger partial charge in [0.05, 0.1) is 29.8 Å². The average molecular weight is 420 g/mol. The van der Waals surface area contributed by atoms with Crippen molar-refractivity contribution in [3.8, 4) is 5.69 Å². The molecule has 2 aromatic heterocycles. The molecule has 0 spiro atoms. The topological polar surface area (TPSA) is 86.1 Å². The summed E-state index contributed by atoms with van der Waals surface area (Å²) >= 11 is 1.27. The summed E-state index contributed by atoms with van der Waals surface area (Å²) in [7, 11) is 0. The van der Waals surface area contributed by atoms with Gasteiger partial charge in [-0.2, -0.15) is 0 Å². The van der Waals surface area contributed by atoms with Crippen LogP contribution in [0.1, 0.15) is 28.8 Å². The maximum Gasteiger partial charge on any atom is 0.311 e. The fraction of sp³-hybridized carbons (Fsp3) is 0.182. The van der Waals surface area contributed by atoms with E-state index in [1.54, 1.807) is 24.4 Å². The van der Waals surface area contributed by atoms with Gasteiger partial charge in [-0.3, -0.25) is 19.5 Å². The van der Waals surface area contributed by atoms with Crippen molar-refractivity contribution in [2.75, 3.05) is 11.9 Å². The molecule has 152 valence electrons. The molecule has 0 atom stereocenters. The number of esters is 1. The minimum Gasteiger partial charge on any atom is -0.466 e. The fourth-order valence-electron chi connectivity index (χ4n) is 3.22. The maximum atomic E-state index is 12.7. The Kier molecular flexibility index (Phi) is 5.58. The second-order valence-corrected chi connectivity index (χ2v) is 7.47. The van der Waals surface area contributed by atoms with E-state index in [0.717, 1.165) is 22.5 Å². The van der Waals surface area contributed by atoms with Crippen molar-refractivity contribution < 1.29 is 14.3 Å². The van der Waals surface area contributed by atoms with Crippen molar-refractivity contribution in [1.82, 2.24) is 14.5 Å². The van der Waals surface area contributed by atoms with Crippen LogP contribution in [0.3, 0.4) is 0 Å². The largest absolute Gasteiger partial charge is 0.466 e. The zero-order valence-corrected chi connectivity index (χ0v) is 17.4. The number of para-hydroxylation sites is 1. The highest BCUT2D eigenvalue weighted by atomic mass is 32.1. The number of hydrogen-bond donors (Lipinski definition) is 1. The third-order valence-corrected chi connectivity index (χ3v) is 5.31. The molecule has 0 saturated carbocycles. The van der Waals surface area contributed by atoms with Gasteiger partial charge in [-0.25, -0.2) is 9.97 Å². The summed E-state index contributed by atoms with van der Waals surface area (Å²) in [6, 6.07) is 15.4. The SMILES string of the molecule is CCOC(=O)Cc1csc(NC(=O)c2ccc3c(c2)nc(C)n3-c2ccccc2)n1. The Morgan fingerprint density at radius 3 is 2.70 bits per heavy atom. The van der Waals surface area contributed by atoms with Crippen LogP contribution < -0.4 is 5.32 Å². The number of anilines is 1. The number of imidazole rings is 1. The second-order valence-electron chi connectivity index (χ2n) is 6.61. The molecule has 0 bridgehead atoms. The molecule has 2 heterocycles. The molecule has 8 heteroatoms. The Hall–Kier alpha value is -3.52. The molecule has 30 heavy (non-hydrogen) atoms. The lowest BCUT2D eigenvalue weighted by Gasteiger charge is -2.07. The predicted octanol–water partition coefficient (Wildman–Crippen LogP) is 4.15. The van der Waals surface area contributed by atoms with Crippen LogP contribution in [0, 0.1) is 6.92 Å². The molecule has 0 aliphatic heterocycles. The van der Waals surface area contributed by atoms with Crippen molar-refractivity contribution in [2.45, 2.75) is 20.3 Å². The lowest BCUT2D eigenvalue weighted by molar-refractivity contribution is -0.142. The summed E-state index contributed by atoms with van der Waals surface area (Å²) in [6.07, 6.45) is 0.0857. The molecule has 4 aromatic rings. The van der Waals surface area contributed by atoms with E-state index < -0.39 is 0 Å². The summed E-state index contributed by atoms with van der Waals surface area (Å²) in [5.41, 5.74) is 3.75. The number of hydrogen-bond acceptors (Lipinski definition) is 6. The second kappa shape index (κ2) is 8.46. The lowest BCUT2D eigenvalue weighted by atomic mass is 10.2. The highest BCUT2D eigenvalue weighted by molar-refractivity contribution is 7.14. The van der Waals surface area contributed by atoms with Crippen molar-refractivity contribution in [3.05, 3.63) is 71.0 Å². The van der Waals surface area contributed by atoms with E-state index in [1.807, 2.05) is 43.3 Å². The molecule has 0 aliphatic carbocycles. The molecule has 0 unspecified atom stereocenters. The van der Waals surface area contributed by atoms with Crippen molar-refractivity contribution >= 4 is 39.4 Å². The lowest BCUT2D eigenvalue weighted by Crippen LogP contribution is -2.12. The first-order chi connectivity index (χ1) is 14.5. The molecular weight excluding hydrogens is 400 g/mol. The molecule has 0 saturated heterocycles. The van der Waals surface area contributed by atoms with E-state index in [0.29, 0.717) is 23.0 Å². The molecule has 0 radical (unpaired) electrons. The molecule has 0 aliphatic rings. The summed E-state index contributed by atoms with van der Waals surface area (Å²) in [4.78, 5) is 33.1. The minimum absolute atomic E-state index is 0.0857. The van der Waals surface area contributed by atoms with Gasteiger partial charge in [0.2, 0.25) is 0 Å². The van der Waals surface area contributed by atoms with E-state index in [2.05, 4.69) is 19.9 Å². The van der Waals surface area contributed by atoms with Gasteiger partial charge < -0.3 is 4.74 Å². The first kappa shape index (κ1) is 19.8. The number of ether oxygens (including phenoxy) is 1. The summed E-state index contributed by atoms with van der Waals surface area (Å²) in [5.74, 6) is 0.230. The Morgan fingerprint density at radius 1 is 1.13 bits per heavy atom. The molecule has 7 nitrogen and oxygen atoms in total. The minimum atomic E-state index is -0.337. The van der Waals surface area contributed by atoms with E-state index in [1.165, 1.54) is 11.3 Å². The van der Waals surface area contributed by atoms with Crippen LogP contribution in [0.2, 0.25) is 0 Å². The molecular formula is C22H20N4O3S. The maximum absolute atomic E-state index is 12.7. The number of carbonyl (C=O) groups is 2. The van der Waals surface area contributed by atoms with Gasteiger partial charge in [-0.15, -0.1) is 11.3 Å². The number of aromatic nitrogens is 3. The first-order valence-electron chi connectivity index (χ1n) is 9.51.